The van der Waals surface area contributed by atoms with Crippen LogP contribution in [0, 0.1) is 0 Å². The molecule has 2 aromatic heterocycles. The summed E-state index contributed by atoms with van der Waals surface area (Å²) in [5.41, 5.74) is 4.54. The topological polar surface area (TPSA) is 26.0 Å². The van der Waals surface area contributed by atoms with E-state index in [1.165, 1.54) is 20.9 Å². The van der Waals surface area contributed by atoms with Gasteiger partial charge in [-0.25, -0.2) is 0 Å². The number of nitrogens with zero attached hydrogens (tertiary/aromatic N) is 1. The molecule has 0 fully saturated rings. The van der Waals surface area contributed by atoms with Crippen molar-refractivity contribution in [3.63, 3.8) is 0 Å². The van der Waals surface area contributed by atoms with Crippen LogP contribution in [0.4, 0.5) is 0 Å². The SMILES string of the molecule is CC(C)(C)c1cc(-c2nccc3o[c]([Ge]([CH3])([CH3])[CH3])cc23)cc2ccccc12. The molecule has 0 aliphatic rings. The van der Waals surface area contributed by atoms with Crippen molar-refractivity contribution in [2.75, 3.05) is 0 Å². The van der Waals surface area contributed by atoms with E-state index in [0.717, 1.165) is 22.2 Å². The molecular weight excluding hydrogens is 391 g/mol. The van der Waals surface area contributed by atoms with Gasteiger partial charge in [0.05, 0.1) is 0 Å². The van der Waals surface area contributed by atoms with Crippen LogP contribution < -0.4 is 4.59 Å². The summed E-state index contributed by atoms with van der Waals surface area (Å²) in [6.07, 6.45) is 1.87. The van der Waals surface area contributed by atoms with Crippen LogP contribution in [0.5, 0.6) is 0 Å². The van der Waals surface area contributed by atoms with Crippen molar-refractivity contribution >= 4 is 39.6 Å². The number of rotatable bonds is 2. The Morgan fingerprint density at radius 3 is 2.33 bits per heavy atom. The Hall–Kier alpha value is -2.07. The predicted molar refractivity (Wildman–Crippen MR) is 119 cm³/mol. The molecule has 0 saturated heterocycles. The van der Waals surface area contributed by atoms with Gasteiger partial charge in [-0.2, -0.15) is 0 Å². The van der Waals surface area contributed by atoms with Crippen LogP contribution in [0.25, 0.3) is 33.0 Å². The minimum absolute atomic E-state index is 0.0613. The summed E-state index contributed by atoms with van der Waals surface area (Å²) in [5.74, 6) is 7.08. The zero-order chi connectivity index (χ0) is 19.4. The van der Waals surface area contributed by atoms with Crippen molar-refractivity contribution in [3.8, 4) is 11.3 Å². The fraction of sp³-hybridized carbons (Fsp3) is 0.292. The molecule has 0 unspecified atom stereocenters. The Bertz CT molecular complexity index is 1140. The van der Waals surface area contributed by atoms with E-state index in [1.807, 2.05) is 12.3 Å². The number of furan rings is 1. The zero-order valence-electron chi connectivity index (χ0n) is 17.1. The van der Waals surface area contributed by atoms with Gasteiger partial charge in [0.25, 0.3) is 0 Å². The molecule has 0 aliphatic carbocycles. The van der Waals surface area contributed by atoms with Gasteiger partial charge in [-0.3, -0.25) is 0 Å². The van der Waals surface area contributed by atoms with Crippen LogP contribution in [0.3, 0.4) is 0 Å². The van der Waals surface area contributed by atoms with E-state index < -0.39 is 13.3 Å². The van der Waals surface area contributed by atoms with Gasteiger partial charge in [-0.15, -0.1) is 0 Å². The van der Waals surface area contributed by atoms with Gasteiger partial charge in [0, 0.05) is 0 Å². The van der Waals surface area contributed by atoms with Gasteiger partial charge < -0.3 is 0 Å². The molecule has 4 rings (SSSR count). The molecule has 2 heterocycles. The van der Waals surface area contributed by atoms with Crippen LogP contribution >= 0.6 is 0 Å². The monoisotopic (exact) mass is 419 g/mol. The van der Waals surface area contributed by atoms with E-state index in [0.29, 0.717) is 0 Å². The fourth-order valence-corrected chi connectivity index (χ4v) is 5.71. The van der Waals surface area contributed by atoms with E-state index >= 15 is 0 Å². The third-order valence-corrected chi connectivity index (χ3v) is 8.75. The third-order valence-electron chi connectivity index (χ3n) is 5.13. The van der Waals surface area contributed by atoms with Gasteiger partial charge in [-0.05, 0) is 0 Å². The number of aromatic nitrogens is 1. The van der Waals surface area contributed by atoms with Crippen molar-refractivity contribution in [1.82, 2.24) is 4.98 Å². The van der Waals surface area contributed by atoms with Gasteiger partial charge >= 0.3 is 164 Å². The summed E-state index contributed by atoms with van der Waals surface area (Å²) in [4.78, 5) is 4.76. The van der Waals surface area contributed by atoms with Crippen molar-refractivity contribution in [2.45, 2.75) is 43.5 Å². The maximum atomic E-state index is 6.22. The third kappa shape index (κ3) is 3.31. The molecular formula is C24H27GeNO. The summed E-state index contributed by atoms with van der Waals surface area (Å²) in [5, 5.41) is 3.71. The Morgan fingerprint density at radius 2 is 1.63 bits per heavy atom. The number of fused-ring (bicyclic) bond motifs is 2. The van der Waals surface area contributed by atoms with Gasteiger partial charge in [0.15, 0.2) is 0 Å². The quantitative estimate of drug-likeness (QED) is 0.348. The van der Waals surface area contributed by atoms with E-state index in [-0.39, 0.29) is 5.41 Å². The second-order valence-corrected chi connectivity index (χ2v) is 19.9. The Balaban J connectivity index is 2.02. The first-order valence-corrected chi connectivity index (χ1v) is 16.9. The normalized spacial score (nSPS) is 12.8. The summed E-state index contributed by atoms with van der Waals surface area (Å²) in [7, 11) is 0. The van der Waals surface area contributed by atoms with Crippen LogP contribution in [-0.4, -0.2) is 18.3 Å². The summed E-state index contributed by atoms with van der Waals surface area (Å²) in [6, 6.07) is 17.4. The molecule has 0 amide bonds. The van der Waals surface area contributed by atoms with Crippen LogP contribution in [0.2, 0.25) is 17.3 Å². The van der Waals surface area contributed by atoms with Crippen LogP contribution in [-0.2, 0) is 5.41 Å². The van der Waals surface area contributed by atoms with E-state index in [9.17, 15) is 0 Å². The average molecular weight is 418 g/mol. The second kappa shape index (κ2) is 6.23. The molecule has 0 aliphatic heterocycles. The first-order valence-electron chi connectivity index (χ1n) is 9.57. The maximum absolute atomic E-state index is 6.22. The standard InChI is InChI=1S/C24H27GeNO/c1-24(2,3)20-14-17(13-16-9-7-8-10-18(16)20)23-19-15-22(25(4,5)6)27-21(19)11-12-26-23/h7-15H,1-6H3. The summed E-state index contributed by atoms with van der Waals surface area (Å²) < 4.78 is 7.40. The van der Waals surface area contributed by atoms with Crippen molar-refractivity contribution in [1.29, 1.82) is 0 Å². The van der Waals surface area contributed by atoms with E-state index in [1.54, 1.807) is 0 Å². The first-order chi connectivity index (χ1) is 12.6. The summed E-state index contributed by atoms with van der Waals surface area (Å²) in [6.45, 7) is 6.82. The predicted octanol–water partition coefficient (Wildman–Crippen LogP) is 6.49. The Morgan fingerprint density at radius 1 is 0.889 bits per heavy atom. The molecule has 3 heteroatoms. The molecule has 27 heavy (non-hydrogen) atoms. The second-order valence-electron chi connectivity index (χ2n) is 9.43. The molecule has 0 atom stereocenters. The first kappa shape index (κ1) is 18.3. The van der Waals surface area contributed by atoms with Gasteiger partial charge in [0.1, 0.15) is 0 Å². The van der Waals surface area contributed by atoms with Crippen molar-refractivity contribution in [2.24, 2.45) is 0 Å². The Kier molecular flexibility index (Phi) is 4.23. The van der Waals surface area contributed by atoms with Crippen LogP contribution in [0.15, 0.2) is 59.1 Å². The molecule has 138 valence electrons. The number of hydrogen-bond acceptors (Lipinski definition) is 2. The zero-order valence-corrected chi connectivity index (χ0v) is 19.1. The van der Waals surface area contributed by atoms with E-state index in [2.05, 4.69) is 80.5 Å². The molecule has 0 spiro atoms. The summed E-state index contributed by atoms with van der Waals surface area (Å²) >= 11 is -2.04. The van der Waals surface area contributed by atoms with Crippen LogP contribution in [0.1, 0.15) is 26.3 Å². The van der Waals surface area contributed by atoms with Gasteiger partial charge in [0.2, 0.25) is 0 Å². The number of pyridine rings is 1. The minimum atomic E-state index is -2.04. The molecule has 0 radical (unpaired) electrons. The van der Waals surface area contributed by atoms with Crippen molar-refractivity contribution in [3.05, 3.63) is 60.3 Å². The molecule has 0 N–H and O–H groups in total. The molecule has 0 bridgehead atoms. The average Bonchev–Trinajstić information content (AvgIpc) is 3.04. The van der Waals surface area contributed by atoms with E-state index in [4.69, 9.17) is 9.40 Å². The molecule has 4 aromatic rings. The van der Waals surface area contributed by atoms with Crippen molar-refractivity contribution < 1.29 is 4.42 Å². The molecule has 2 aromatic carbocycles. The molecule has 2 nitrogen and oxygen atoms in total. The fourth-order valence-electron chi connectivity index (χ4n) is 3.63. The number of hydrogen-bond donors (Lipinski definition) is 0. The van der Waals surface area contributed by atoms with Gasteiger partial charge in [-0.1, -0.05) is 0 Å². The Labute approximate surface area is 164 Å². The number of benzene rings is 2. The molecule has 0 saturated carbocycles.